The second-order valence-corrected chi connectivity index (χ2v) is 6.70. The summed E-state index contributed by atoms with van der Waals surface area (Å²) in [6, 6.07) is 0. The van der Waals surface area contributed by atoms with Gasteiger partial charge in [-0.3, -0.25) is 4.90 Å². The summed E-state index contributed by atoms with van der Waals surface area (Å²) in [6.07, 6.45) is 3.06. The van der Waals surface area contributed by atoms with Crippen molar-refractivity contribution in [2.75, 3.05) is 32.7 Å². The summed E-state index contributed by atoms with van der Waals surface area (Å²) in [5.74, 6) is 0.119. The molecular formula is C11H20N6O3S. The van der Waals surface area contributed by atoms with E-state index in [0.717, 1.165) is 0 Å². The fraction of sp³-hybridized carbons (Fsp3) is 0.636. The number of hydrogen-bond donors (Lipinski definition) is 2. The van der Waals surface area contributed by atoms with Gasteiger partial charge in [0.05, 0.1) is 12.9 Å². The van der Waals surface area contributed by atoms with Crippen LogP contribution < -0.4 is 5.73 Å². The molecule has 2 heterocycles. The Morgan fingerprint density at radius 1 is 1.43 bits per heavy atom. The van der Waals surface area contributed by atoms with Crippen LogP contribution in [0.2, 0.25) is 0 Å². The Balaban J connectivity index is 2.00. The number of rotatable bonds is 5. The molecule has 21 heavy (non-hydrogen) atoms. The summed E-state index contributed by atoms with van der Waals surface area (Å²) >= 11 is 0. The molecule has 0 amide bonds. The predicted octanol–water partition coefficient (Wildman–Crippen LogP) is -1.04. The van der Waals surface area contributed by atoms with Gasteiger partial charge in [-0.05, 0) is 6.92 Å². The van der Waals surface area contributed by atoms with Crippen LogP contribution >= 0.6 is 0 Å². The van der Waals surface area contributed by atoms with E-state index in [9.17, 15) is 8.42 Å². The van der Waals surface area contributed by atoms with Crippen molar-refractivity contribution in [3.8, 4) is 0 Å². The Labute approximate surface area is 123 Å². The molecule has 3 N–H and O–H groups in total. The Kier molecular flexibility index (Phi) is 4.80. The molecule has 0 radical (unpaired) electrons. The highest BCUT2D eigenvalue weighted by molar-refractivity contribution is 7.89. The number of sulfonamides is 1. The molecule has 0 spiro atoms. The molecule has 9 nitrogen and oxygen atoms in total. The molecule has 0 saturated carbocycles. The van der Waals surface area contributed by atoms with Crippen molar-refractivity contribution in [3.05, 3.63) is 12.5 Å². The number of nitrogens with zero attached hydrogens (tertiary/aromatic N) is 5. The molecule has 0 atom stereocenters. The highest BCUT2D eigenvalue weighted by Crippen LogP contribution is 2.15. The first-order chi connectivity index (χ1) is 9.97. The maximum atomic E-state index is 12.4. The van der Waals surface area contributed by atoms with E-state index in [1.54, 1.807) is 4.57 Å². The Hall–Kier alpha value is -1.65. The molecule has 0 aromatic carbocycles. The van der Waals surface area contributed by atoms with Crippen molar-refractivity contribution < 1.29 is 13.6 Å². The average molecular weight is 316 g/mol. The second-order valence-electron chi connectivity index (χ2n) is 4.81. The van der Waals surface area contributed by atoms with E-state index in [1.165, 1.54) is 16.8 Å². The van der Waals surface area contributed by atoms with Crippen molar-refractivity contribution in [1.82, 2.24) is 18.8 Å². The zero-order chi connectivity index (χ0) is 15.5. The molecule has 0 aliphatic carbocycles. The average Bonchev–Trinajstić information content (AvgIpc) is 2.97. The lowest BCUT2D eigenvalue weighted by atomic mass is 10.3. The standard InChI is InChI=1S/C11H20N6O3S/c1-2-15-8-11(13-9-15)21(19,20)17-5-3-16(4-6-17)7-10(12)14-18/h8-9,18H,2-7H2,1H3,(H2,12,14). The van der Waals surface area contributed by atoms with Gasteiger partial charge >= 0.3 is 0 Å². The van der Waals surface area contributed by atoms with Gasteiger partial charge in [-0.15, -0.1) is 0 Å². The molecule has 1 aliphatic heterocycles. The largest absolute Gasteiger partial charge is 0.409 e. The molecular weight excluding hydrogens is 296 g/mol. The van der Waals surface area contributed by atoms with E-state index in [1.807, 2.05) is 11.8 Å². The van der Waals surface area contributed by atoms with Crippen LogP contribution in [0.1, 0.15) is 6.92 Å². The minimum absolute atomic E-state index is 0.0780. The smallest absolute Gasteiger partial charge is 0.262 e. The first kappa shape index (κ1) is 15.7. The van der Waals surface area contributed by atoms with Crippen LogP contribution in [0.25, 0.3) is 0 Å². The number of oxime groups is 1. The van der Waals surface area contributed by atoms with Gasteiger partial charge in [-0.1, -0.05) is 5.16 Å². The quantitative estimate of drug-likeness (QED) is 0.310. The van der Waals surface area contributed by atoms with E-state index in [4.69, 9.17) is 10.9 Å². The third-order valence-corrected chi connectivity index (χ3v) is 5.21. The van der Waals surface area contributed by atoms with E-state index in [0.29, 0.717) is 39.3 Å². The van der Waals surface area contributed by atoms with Gasteiger partial charge in [0.1, 0.15) is 0 Å². The zero-order valence-electron chi connectivity index (χ0n) is 11.9. The number of aromatic nitrogens is 2. The highest BCUT2D eigenvalue weighted by atomic mass is 32.2. The molecule has 118 valence electrons. The van der Waals surface area contributed by atoms with Gasteiger partial charge in [-0.2, -0.15) is 4.31 Å². The van der Waals surface area contributed by atoms with Gasteiger partial charge in [0.25, 0.3) is 10.0 Å². The van der Waals surface area contributed by atoms with Crippen LogP contribution in [0, 0.1) is 0 Å². The highest BCUT2D eigenvalue weighted by Gasteiger charge is 2.30. The molecule has 1 aromatic heterocycles. The minimum Gasteiger partial charge on any atom is -0.409 e. The summed E-state index contributed by atoms with van der Waals surface area (Å²) in [5, 5.41) is 11.5. The zero-order valence-corrected chi connectivity index (χ0v) is 12.7. The maximum absolute atomic E-state index is 12.4. The summed E-state index contributed by atoms with van der Waals surface area (Å²) < 4.78 is 28.0. The third kappa shape index (κ3) is 3.52. The molecule has 2 rings (SSSR count). The fourth-order valence-corrected chi connectivity index (χ4v) is 3.52. The Morgan fingerprint density at radius 2 is 2.10 bits per heavy atom. The monoisotopic (exact) mass is 316 g/mol. The van der Waals surface area contributed by atoms with Crippen molar-refractivity contribution >= 4 is 15.9 Å². The number of nitrogens with two attached hydrogens (primary N) is 1. The van der Waals surface area contributed by atoms with Gasteiger partial charge in [-0.25, -0.2) is 13.4 Å². The fourth-order valence-electron chi connectivity index (χ4n) is 2.17. The molecule has 1 aromatic rings. The minimum atomic E-state index is -3.54. The van der Waals surface area contributed by atoms with E-state index in [2.05, 4.69) is 10.1 Å². The van der Waals surface area contributed by atoms with Gasteiger partial charge in [0.15, 0.2) is 10.9 Å². The van der Waals surface area contributed by atoms with Crippen molar-refractivity contribution in [2.45, 2.75) is 18.5 Å². The molecule has 1 fully saturated rings. The lowest BCUT2D eigenvalue weighted by molar-refractivity contribution is 0.206. The molecule has 1 saturated heterocycles. The number of aryl methyl sites for hydroxylation is 1. The second kappa shape index (κ2) is 6.41. The van der Waals surface area contributed by atoms with Gasteiger partial charge in [0.2, 0.25) is 0 Å². The van der Waals surface area contributed by atoms with Gasteiger partial charge < -0.3 is 15.5 Å². The predicted molar refractivity (Wildman–Crippen MR) is 76.5 cm³/mol. The summed E-state index contributed by atoms with van der Waals surface area (Å²) in [6.45, 7) is 4.71. The number of imidazole rings is 1. The van der Waals surface area contributed by atoms with Crippen LogP contribution in [0.15, 0.2) is 22.7 Å². The normalized spacial score (nSPS) is 19.0. The van der Waals surface area contributed by atoms with E-state index < -0.39 is 10.0 Å². The molecule has 0 bridgehead atoms. The van der Waals surface area contributed by atoms with Crippen LogP contribution in [-0.2, 0) is 16.6 Å². The van der Waals surface area contributed by atoms with E-state index >= 15 is 0 Å². The molecule has 10 heteroatoms. The number of piperazine rings is 1. The van der Waals surface area contributed by atoms with Crippen LogP contribution in [0.4, 0.5) is 0 Å². The van der Waals surface area contributed by atoms with Crippen LogP contribution in [0.5, 0.6) is 0 Å². The SMILES string of the molecule is CCn1cnc(S(=O)(=O)N2CCN(CC(N)=NO)CC2)c1. The summed E-state index contributed by atoms with van der Waals surface area (Å²) in [5.41, 5.74) is 5.45. The number of amidine groups is 1. The number of hydrogen-bond acceptors (Lipinski definition) is 6. The lowest BCUT2D eigenvalue weighted by Gasteiger charge is -2.33. The maximum Gasteiger partial charge on any atom is 0.262 e. The molecule has 0 unspecified atom stereocenters. The van der Waals surface area contributed by atoms with Crippen LogP contribution in [0.3, 0.4) is 0 Å². The van der Waals surface area contributed by atoms with Crippen LogP contribution in [-0.4, -0.2) is 70.9 Å². The first-order valence-electron chi connectivity index (χ1n) is 6.68. The Morgan fingerprint density at radius 3 is 2.62 bits per heavy atom. The van der Waals surface area contributed by atoms with E-state index in [-0.39, 0.29) is 10.9 Å². The third-order valence-electron chi connectivity index (χ3n) is 3.42. The summed E-state index contributed by atoms with van der Waals surface area (Å²) in [7, 11) is -3.54. The summed E-state index contributed by atoms with van der Waals surface area (Å²) in [4.78, 5) is 5.90. The van der Waals surface area contributed by atoms with Crippen molar-refractivity contribution in [2.24, 2.45) is 10.9 Å². The van der Waals surface area contributed by atoms with Crippen molar-refractivity contribution in [1.29, 1.82) is 0 Å². The molecule has 1 aliphatic rings. The topological polar surface area (TPSA) is 117 Å². The van der Waals surface area contributed by atoms with Gasteiger partial charge in [0, 0.05) is 38.9 Å². The Bertz CT molecular complexity index is 603. The first-order valence-corrected chi connectivity index (χ1v) is 8.12. The van der Waals surface area contributed by atoms with Crippen molar-refractivity contribution in [3.63, 3.8) is 0 Å². The lowest BCUT2D eigenvalue weighted by Crippen LogP contribution is -2.50.